The maximum Gasteiger partial charge on any atom is 0.330 e. The number of esters is 1. The number of hydrogen-bond donors (Lipinski definition) is 0. The zero-order chi connectivity index (χ0) is 10.6. The van der Waals surface area contributed by atoms with Gasteiger partial charge in [-0.05, 0) is 24.6 Å². The monoisotopic (exact) mass is 210 g/mol. The van der Waals surface area contributed by atoms with Crippen molar-refractivity contribution < 1.29 is 14.3 Å². The average molecular weight is 210 g/mol. The van der Waals surface area contributed by atoms with E-state index in [9.17, 15) is 9.59 Å². The van der Waals surface area contributed by atoms with Crippen molar-refractivity contribution in [1.29, 1.82) is 0 Å². The molecule has 4 heteroatoms. The molecule has 0 atom stereocenters. The van der Waals surface area contributed by atoms with Gasteiger partial charge in [-0.2, -0.15) is 0 Å². The van der Waals surface area contributed by atoms with Crippen LogP contribution in [0.4, 0.5) is 0 Å². The maximum absolute atomic E-state index is 10.8. The van der Waals surface area contributed by atoms with Crippen LogP contribution in [0.15, 0.2) is 12.1 Å². The van der Waals surface area contributed by atoms with Crippen molar-refractivity contribution in [3.05, 3.63) is 27.5 Å². The molecule has 0 fully saturated rings. The molecule has 0 saturated heterocycles. The first-order valence-electron chi connectivity index (χ1n) is 3.99. The second-order valence-corrected chi connectivity index (χ2v) is 3.79. The van der Waals surface area contributed by atoms with E-state index in [1.54, 1.807) is 12.1 Å². The summed E-state index contributed by atoms with van der Waals surface area (Å²) in [4.78, 5) is 22.8. The SMILES string of the molecule is COC(=O)C=Cc1sc(C=O)cc1C. The van der Waals surface area contributed by atoms with E-state index in [2.05, 4.69) is 4.74 Å². The summed E-state index contributed by atoms with van der Waals surface area (Å²) in [6, 6.07) is 1.79. The van der Waals surface area contributed by atoms with Crippen LogP contribution in [-0.4, -0.2) is 19.4 Å². The van der Waals surface area contributed by atoms with E-state index in [1.807, 2.05) is 6.92 Å². The Kier molecular flexibility index (Phi) is 3.59. The molecule has 3 nitrogen and oxygen atoms in total. The van der Waals surface area contributed by atoms with Crippen molar-refractivity contribution >= 4 is 29.7 Å². The van der Waals surface area contributed by atoms with Gasteiger partial charge in [0.05, 0.1) is 12.0 Å². The number of rotatable bonds is 3. The number of thiophene rings is 1. The second kappa shape index (κ2) is 4.72. The summed E-state index contributed by atoms with van der Waals surface area (Å²) in [6.45, 7) is 1.89. The van der Waals surface area contributed by atoms with Gasteiger partial charge in [-0.15, -0.1) is 11.3 Å². The highest BCUT2D eigenvalue weighted by atomic mass is 32.1. The standard InChI is InChI=1S/C10H10O3S/c1-7-5-8(6-11)14-9(7)3-4-10(12)13-2/h3-6H,1-2H3. The summed E-state index contributed by atoms with van der Waals surface area (Å²) in [5, 5.41) is 0. The predicted molar refractivity (Wildman–Crippen MR) is 55.5 cm³/mol. The van der Waals surface area contributed by atoms with E-state index in [1.165, 1.54) is 24.5 Å². The topological polar surface area (TPSA) is 43.4 Å². The van der Waals surface area contributed by atoms with Gasteiger partial charge in [0.1, 0.15) is 0 Å². The molecule has 1 aromatic rings. The Morgan fingerprint density at radius 3 is 2.79 bits per heavy atom. The van der Waals surface area contributed by atoms with E-state index in [4.69, 9.17) is 0 Å². The van der Waals surface area contributed by atoms with Crippen LogP contribution in [0.25, 0.3) is 6.08 Å². The van der Waals surface area contributed by atoms with Crippen LogP contribution in [-0.2, 0) is 9.53 Å². The molecule has 0 spiro atoms. The van der Waals surface area contributed by atoms with Crippen molar-refractivity contribution in [3.63, 3.8) is 0 Å². The van der Waals surface area contributed by atoms with Gasteiger partial charge in [0.25, 0.3) is 0 Å². The van der Waals surface area contributed by atoms with Crippen molar-refractivity contribution in [2.24, 2.45) is 0 Å². The molecule has 0 radical (unpaired) electrons. The first kappa shape index (κ1) is 10.7. The van der Waals surface area contributed by atoms with Gasteiger partial charge < -0.3 is 4.74 Å². The molecule has 0 bridgehead atoms. The van der Waals surface area contributed by atoms with Crippen LogP contribution < -0.4 is 0 Å². The molecule has 14 heavy (non-hydrogen) atoms. The zero-order valence-corrected chi connectivity index (χ0v) is 8.76. The molecular formula is C10H10O3S. The fraction of sp³-hybridized carbons (Fsp3) is 0.200. The Morgan fingerprint density at radius 2 is 2.29 bits per heavy atom. The van der Waals surface area contributed by atoms with Crippen molar-refractivity contribution in [2.75, 3.05) is 7.11 Å². The summed E-state index contributed by atoms with van der Waals surface area (Å²) < 4.78 is 4.45. The third-order valence-electron chi connectivity index (χ3n) is 1.66. The van der Waals surface area contributed by atoms with Crippen LogP contribution in [0, 0.1) is 6.92 Å². The first-order valence-corrected chi connectivity index (χ1v) is 4.80. The second-order valence-electron chi connectivity index (χ2n) is 2.67. The summed E-state index contributed by atoms with van der Waals surface area (Å²) in [5.74, 6) is -0.398. The summed E-state index contributed by atoms with van der Waals surface area (Å²) in [5.41, 5.74) is 0.984. The Bertz CT molecular complexity index is 377. The Labute approximate surface area is 86.0 Å². The lowest BCUT2D eigenvalue weighted by Crippen LogP contribution is -1.92. The molecule has 0 N–H and O–H groups in total. The number of hydrogen-bond acceptors (Lipinski definition) is 4. The lowest BCUT2D eigenvalue weighted by molar-refractivity contribution is -0.134. The maximum atomic E-state index is 10.8. The van der Waals surface area contributed by atoms with Crippen molar-refractivity contribution in [1.82, 2.24) is 0 Å². The molecule has 0 aliphatic heterocycles. The summed E-state index contributed by atoms with van der Waals surface area (Å²) in [7, 11) is 1.32. The van der Waals surface area contributed by atoms with Gasteiger partial charge >= 0.3 is 5.97 Å². The largest absolute Gasteiger partial charge is 0.466 e. The Balaban J connectivity index is 2.85. The number of carbonyl (C=O) groups is 2. The van der Waals surface area contributed by atoms with Crippen molar-refractivity contribution in [2.45, 2.75) is 6.92 Å². The molecule has 74 valence electrons. The zero-order valence-electron chi connectivity index (χ0n) is 7.94. The van der Waals surface area contributed by atoms with Crippen LogP contribution in [0.1, 0.15) is 20.1 Å². The Hall–Kier alpha value is -1.42. The molecule has 0 amide bonds. The summed E-state index contributed by atoms with van der Waals surface area (Å²) in [6.07, 6.45) is 3.79. The van der Waals surface area contributed by atoms with Crippen LogP contribution in [0.5, 0.6) is 0 Å². The molecule has 0 saturated carbocycles. The highest BCUT2D eigenvalue weighted by Gasteiger charge is 2.02. The third-order valence-corrected chi connectivity index (χ3v) is 2.79. The normalized spacial score (nSPS) is 10.4. The smallest absolute Gasteiger partial charge is 0.330 e. The van der Waals surface area contributed by atoms with E-state index in [0.29, 0.717) is 4.88 Å². The quantitative estimate of drug-likeness (QED) is 0.435. The van der Waals surface area contributed by atoms with Gasteiger partial charge in [-0.25, -0.2) is 4.79 Å². The summed E-state index contributed by atoms with van der Waals surface area (Å²) >= 11 is 1.35. The van der Waals surface area contributed by atoms with Crippen LogP contribution in [0.3, 0.4) is 0 Å². The lowest BCUT2D eigenvalue weighted by Gasteiger charge is -1.90. The molecule has 0 aliphatic rings. The average Bonchev–Trinajstić information content (AvgIpc) is 2.55. The highest BCUT2D eigenvalue weighted by Crippen LogP contribution is 2.21. The lowest BCUT2D eigenvalue weighted by atomic mass is 10.2. The van der Waals surface area contributed by atoms with Crippen molar-refractivity contribution in [3.8, 4) is 0 Å². The number of aryl methyl sites for hydroxylation is 1. The van der Waals surface area contributed by atoms with Crippen LogP contribution >= 0.6 is 11.3 Å². The minimum Gasteiger partial charge on any atom is -0.466 e. The van der Waals surface area contributed by atoms with Gasteiger partial charge in [0.15, 0.2) is 6.29 Å². The first-order chi connectivity index (χ1) is 6.67. The molecule has 1 heterocycles. The van der Waals surface area contributed by atoms with E-state index >= 15 is 0 Å². The fourth-order valence-electron chi connectivity index (χ4n) is 0.957. The molecule has 0 aliphatic carbocycles. The molecule has 0 unspecified atom stereocenters. The van der Waals surface area contributed by atoms with E-state index in [0.717, 1.165) is 16.7 Å². The fourth-order valence-corrected chi connectivity index (χ4v) is 1.85. The number of carbonyl (C=O) groups excluding carboxylic acids is 2. The van der Waals surface area contributed by atoms with Gasteiger partial charge in [0.2, 0.25) is 0 Å². The molecule has 1 rings (SSSR count). The third kappa shape index (κ3) is 2.53. The van der Waals surface area contributed by atoms with Gasteiger partial charge in [0, 0.05) is 11.0 Å². The number of ether oxygens (including phenoxy) is 1. The van der Waals surface area contributed by atoms with Gasteiger partial charge in [-0.3, -0.25) is 4.79 Å². The van der Waals surface area contributed by atoms with Crippen LogP contribution in [0.2, 0.25) is 0 Å². The molecular weight excluding hydrogens is 200 g/mol. The number of methoxy groups -OCH3 is 1. The molecule has 1 aromatic heterocycles. The minimum absolute atomic E-state index is 0.398. The molecule has 0 aromatic carbocycles. The minimum atomic E-state index is -0.398. The van der Waals surface area contributed by atoms with E-state index < -0.39 is 5.97 Å². The predicted octanol–water partition coefficient (Wildman–Crippen LogP) is 2.06. The van der Waals surface area contributed by atoms with E-state index in [-0.39, 0.29) is 0 Å². The number of aldehydes is 1. The van der Waals surface area contributed by atoms with Gasteiger partial charge in [-0.1, -0.05) is 0 Å². The Morgan fingerprint density at radius 1 is 1.57 bits per heavy atom. The highest BCUT2D eigenvalue weighted by molar-refractivity contribution is 7.14.